The molecule has 360 valence electrons. The quantitative estimate of drug-likeness (QED) is 0.0161. The van der Waals surface area contributed by atoms with Gasteiger partial charge in [-0.05, 0) is 32.1 Å². The molecule has 0 aromatic rings. The fourth-order valence-electron chi connectivity index (χ4n) is 7.79. The van der Waals surface area contributed by atoms with Crippen LogP contribution in [0, 0.1) is 0 Å². The van der Waals surface area contributed by atoms with Crippen molar-refractivity contribution in [3.63, 3.8) is 0 Å². The monoisotopic (exact) mass is 892 g/mol. The van der Waals surface area contributed by atoms with Crippen LogP contribution in [0.15, 0.2) is 24.3 Å². The first-order valence-corrected chi connectivity index (χ1v) is 25.9. The van der Waals surface area contributed by atoms with Gasteiger partial charge in [0.05, 0.1) is 31.3 Å². The minimum atomic E-state index is -5.15. The number of allylic oxidation sites excluding steroid dienone is 3. The van der Waals surface area contributed by atoms with Crippen LogP contribution in [0.2, 0.25) is 0 Å². The van der Waals surface area contributed by atoms with Gasteiger partial charge in [-0.1, -0.05) is 192 Å². The molecule has 1 amide bonds. The van der Waals surface area contributed by atoms with Gasteiger partial charge in [-0.25, -0.2) is 4.57 Å². The van der Waals surface area contributed by atoms with Crippen molar-refractivity contribution in [1.82, 2.24) is 5.32 Å². The van der Waals surface area contributed by atoms with Crippen LogP contribution >= 0.6 is 7.82 Å². The summed E-state index contributed by atoms with van der Waals surface area (Å²) >= 11 is 0. The summed E-state index contributed by atoms with van der Waals surface area (Å²) in [6.07, 6.45) is 27.0. The molecule has 0 spiro atoms. The summed E-state index contributed by atoms with van der Waals surface area (Å²) in [7, 11) is -5.15. The van der Waals surface area contributed by atoms with E-state index in [0.717, 1.165) is 44.9 Å². The van der Waals surface area contributed by atoms with Gasteiger partial charge in [0.2, 0.25) is 5.91 Å². The highest BCUT2D eigenvalue weighted by atomic mass is 31.2. The third-order valence-corrected chi connectivity index (χ3v) is 12.8. The Morgan fingerprint density at radius 3 is 1.44 bits per heavy atom. The van der Waals surface area contributed by atoms with Crippen LogP contribution in [-0.4, -0.2) is 108 Å². The molecule has 1 saturated carbocycles. The van der Waals surface area contributed by atoms with E-state index in [-0.39, 0.29) is 6.42 Å². The molecule has 1 aliphatic rings. The maximum Gasteiger partial charge on any atom is 0.472 e. The molecule has 8 unspecified atom stereocenters. The van der Waals surface area contributed by atoms with Crippen molar-refractivity contribution in [2.24, 2.45) is 0 Å². The highest BCUT2D eigenvalue weighted by Gasteiger charge is 2.51. The van der Waals surface area contributed by atoms with Crippen molar-refractivity contribution in [3.05, 3.63) is 24.3 Å². The average Bonchev–Trinajstić information content (AvgIpc) is 3.23. The highest BCUT2D eigenvalue weighted by Crippen LogP contribution is 2.47. The minimum Gasteiger partial charge on any atom is -0.393 e. The summed E-state index contributed by atoms with van der Waals surface area (Å²) in [5, 5.41) is 74.5. The van der Waals surface area contributed by atoms with Crippen LogP contribution in [-0.2, 0) is 18.4 Å². The lowest BCUT2D eigenvalue weighted by atomic mass is 9.85. The lowest BCUT2D eigenvalue weighted by Gasteiger charge is -2.41. The van der Waals surface area contributed by atoms with Crippen LogP contribution in [0.1, 0.15) is 206 Å². The van der Waals surface area contributed by atoms with Crippen LogP contribution in [0.4, 0.5) is 0 Å². The number of hydrogen-bond acceptors (Lipinski definition) is 11. The number of phosphoric acid groups is 1. The third-order valence-electron chi connectivity index (χ3n) is 11.8. The molecule has 1 aliphatic carbocycles. The van der Waals surface area contributed by atoms with E-state index in [0.29, 0.717) is 12.8 Å². The van der Waals surface area contributed by atoms with E-state index in [9.17, 15) is 50.0 Å². The first kappa shape index (κ1) is 57.8. The van der Waals surface area contributed by atoms with Crippen LogP contribution in [0.5, 0.6) is 0 Å². The standard InChI is InChI=1S/C47H90NO12P/c1-3-5-7-9-11-13-15-17-19-20-21-22-24-26-28-30-32-34-38(49)36-41(51)48-39(37-59-61(57,58)60-47-45(55)43(53)42(52)44(54)46(47)56)40(50)35-33-31-29-27-25-23-18-16-14-12-10-8-6-4-2/h25,27,33,35,38-40,42-47,49-50,52-56H,3-24,26,28-32,34,36-37H2,1-2H3,(H,48,51)(H,57,58)/b27-25+,35-33+. The number of carbonyl (C=O) groups excluding carboxylic acids is 1. The summed E-state index contributed by atoms with van der Waals surface area (Å²) in [6, 6.07) is -1.25. The molecular formula is C47H90NO12P. The second-order valence-corrected chi connectivity index (χ2v) is 18.9. The molecule has 9 N–H and O–H groups in total. The van der Waals surface area contributed by atoms with E-state index in [1.807, 2.05) is 0 Å². The zero-order valence-corrected chi connectivity index (χ0v) is 39.0. The summed E-state index contributed by atoms with van der Waals surface area (Å²) in [5.74, 6) is -0.600. The number of hydrogen-bond donors (Lipinski definition) is 9. The maximum absolute atomic E-state index is 13.0. The minimum absolute atomic E-state index is 0.249. The molecule has 14 heteroatoms. The highest BCUT2D eigenvalue weighted by molar-refractivity contribution is 7.47. The number of carbonyl (C=O) groups is 1. The second-order valence-electron chi connectivity index (χ2n) is 17.5. The number of nitrogens with one attached hydrogen (secondary N) is 1. The first-order chi connectivity index (χ1) is 29.3. The molecule has 0 bridgehead atoms. The molecule has 13 nitrogen and oxygen atoms in total. The Labute approximate surface area is 369 Å². The molecule has 8 atom stereocenters. The average molecular weight is 892 g/mol. The Balaban J connectivity index is 2.52. The Morgan fingerprint density at radius 1 is 0.574 bits per heavy atom. The Kier molecular flexibility index (Phi) is 35.1. The van der Waals surface area contributed by atoms with E-state index in [1.54, 1.807) is 6.08 Å². The number of phosphoric ester groups is 1. The third kappa shape index (κ3) is 29.0. The van der Waals surface area contributed by atoms with Crippen LogP contribution in [0.25, 0.3) is 0 Å². The van der Waals surface area contributed by atoms with Crippen molar-refractivity contribution >= 4 is 13.7 Å². The Bertz CT molecular complexity index is 1140. The first-order valence-electron chi connectivity index (χ1n) is 24.4. The summed E-state index contributed by atoms with van der Waals surface area (Å²) < 4.78 is 22.9. The zero-order valence-electron chi connectivity index (χ0n) is 38.1. The molecule has 0 aliphatic heterocycles. The van der Waals surface area contributed by atoms with Gasteiger partial charge in [-0.3, -0.25) is 13.8 Å². The molecule has 0 heterocycles. The van der Waals surface area contributed by atoms with Gasteiger partial charge in [0.25, 0.3) is 0 Å². The SMILES string of the molecule is CCCCCCCCCC/C=C/CC/C=C/C(O)C(COP(=O)(O)OC1C(O)C(O)C(O)C(O)C1O)NC(=O)CC(O)CCCCCCCCCCCCCCCCCCC. The largest absolute Gasteiger partial charge is 0.472 e. The molecule has 0 aromatic carbocycles. The van der Waals surface area contributed by atoms with E-state index in [2.05, 4.69) is 31.3 Å². The van der Waals surface area contributed by atoms with Gasteiger partial charge in [0.1, 0.15) is 36.6 Å². The number of unbranched alkanes of at least 4 members (excludes halogenated alkanes) is 25. The van der Waals surface area contributed by atoms with E-state index >= 15 is 0 Å². The zero-order chi connectivity index (χ0) is 45.1. The van der Waals surface area contributed by atoms with Gasteiger partial charge in [0.15, 0.2) is 0 Å². The van der Waals surface area contributed by atoms with Crippen molar-refractivity contribution in [3.8, 4) is 0 Å². The lowest BCUT2D eigenvalue weighted by molar-refractivity contribution is -0.220. The number of aliphatic hydroxyl groups is 7. The summed E-state index contributed by atoms with van der Waals surface area (Å²) in [6.45, 7) is 3.73. The van der Waals surface area contributed by atoms with Crippen LogP contribution < -0.4 is 5.32 Å². The van der Waals surface area contributed by atoms with Crippen molar-refractivity contribution in [2.75, 3.05) is 6.61 Å². The van der Waals surface area contributed by atoms with Gasteiger partial charge in [-0.15, -0.1) is 0 Å². The smallest absolute Gasteiger partial charge is 0.393 e. The van der Waals surface area contributed by atoms with Gasteiger partial charge >= 0.3 is 7.82 Å². The Morgan fingerprint density at radius 2 is 0.967 bits per heavy atom. The van der Waals surface area contributed by atoms with Gasteiger partial charge < -0.3 is 46.0 Å². The van der Waals surface area contributed by atoms with Gasteiger partial charge in [0, 0.05) is 0 Å². The van der Waals surface area contributed by atoms with Crippen molar-refractivity contribution in [1.29, 1.82) is 0 Å². The fourth-order valence-corrected chi connectivity index (χ4v) is 8.75. The normalized spacial score (nSPS) is 23.4. The molecular weight excluding hydrogens is 801 g/mol. The topological polar surface area (TPSA) is 226 Å². The lowest BCUT2D eigenvalue weighted by Crippen LogP contribution is -2.64. The number of amides is 1. The maximum atomic E-state index is 13.0. The summed E-state index contributed by atoms with van der Waals surface area (Å²) in [5.41, 5.74) is 0. The van der Waals surface area contributed by atoms with Crippen molar-refractivity contribution < 1.29 is 59.0 Å². The molecule has 0 aromatic heterocycles. The second kappa shape index (κ2) is 37.0. The number of rotatable bonds is 40. The van der Waals surface area contributed by atoms with Gasteiger partial charge in [-0.2, -0.15) is 0 Å². The molecule has 0 saturated heterocycles. The van der Waals surface area contributed by atoms with Crippen molar-refractivity contribution in [2.45, 2.75) is 261 Å². The predicted molar refractivity (Wildman–Crippen MR) is 243 cm³/mol. The predicted octanol–water partition coefficient (Wildman–Crippen LogP) is 8.37. The summed E-state index contributed by atoms with van der Waals surface area (Å²) in [4.78, 5) is 23.4. The molecule has 1 rings (SSSR count). The molecule has 61 heavy (non-hydrogen) atoms. The van der Waals surface area contributed by atoms with E-state index in [1.165, 1.54) is 134 Å². The molecule has 1 fully saturated rings. The number of aliphatic hydroxyl groups excluding tert-OH is 7. The van der Waals surface area contributed by atoms with E-state index < -0.39 is 75.2 Å². The Hall–Kier alpha value is -1.22. The van der Waals surface area contributed by atoms with E-state index in [4.69, 9.17) is 9.05 Å². The fraction of sp³-hybridized carbons (Fsp3) is 0.894. The van der Waals surface area contributed by atoms with Crippen LogP contribution in [0.3, 0.4) is 0 Å². The molecule has 0 radical (unpaired) electrons.